The molecular formula is C20H22N2O4. The average molecular weight is 354 g/mol. The first-order valence-electron chi connectivity index (χ1n) is 8.22. The predicted molar refractivity (Wildman–Crippen MR) is 97.4 cm³/mol. The van der Waals surface area contributed by atoms with Crippen LogP contribution in [0.25, 0.3) is 0 Å². The zero-order valence-corrected chi connectivity index (χ0v) is 15.1. The summed E-state index contributed by atoms with van der Waals surface area (Å²) in [6.45, 7) is 2.51. The van der Waals surface area contributed by atoms with Crippen LogP contribution >= 0.6 is 0 Å². The molecule has 6 nitrogen and oxygen atoms in total. The maximum absolute atomic E-state index is 12.4. The van der Waals surface area contributed by atoms with Crippen LogP contribution in [0.1, 0.15) is 12.5 Å². The van der Waals surface area contributed by atoms with Crippen LogP contribution in [0, 0.1) is 11.3 Å². The van der Waals surface area contributed by atoms with Gasteiger partial charge >= 0.3 is 0 Å². The Kier molecular flexibility index (Phi) is 6.86. The fourth-order valence-electron chi connectivity index (χ4n) is 2.26. The third kappa shape index (κ3) is 5.42. The van der Waals surface area contributed by atoms with Gasteiger partial charge in [0.2, 0.25) is 0 Å². The Morgan fingerprint density at radius 1 is 1.08 bits per heavy atom. The Bertz CT molecular complexity index is 751. The molecule has 2 aromatic rings. The predicted octanol–water partition coefficient (Wildman–Crippen LogP) is 2.87. The molecule has 0 bridgehead atoms. The van der Waals surface area contributed by atoms with Gasteiger partial charge in [-0.15, -0.1) is 0 Å². The lowest BCUT2D eigenvalue weighted by atomic mass is 10.2. The van der Waals surface area contributed by atoms with Gasteiger partial charge in [0.15, 0.2) is 6.10 Å². The highest BCUT2D eigenvalue weighted by molar-refractivity contribution is 5.80. The summed E-state index contributed by atoms with van der Waals surface area (Å²) in [7, 11) is 3.32. The third-order valence-electron chi connectivity index (χ3n) is 3.78. The standard InChI is InChI=1S/C20H22N2O4/c1-15(26-19-6-4-16(14-21)5-7-19)20(23)22(2)12-13-25-18-10-8-17(24-3)9-11-18/h4-11,15H,12-13H2,1-3H3. The molecule has 6 heteroatoms. The summed E-state index contributed by atoms with van der Waals surface area (Å²) in [6.07, 6.45) is -0.631. The second kappa shape index (κ2) is 9.33. The van der Waals surface area contributed by atoms with Crippen LogP contribution < -0.4 is 14.2 Å². The molecule has 26 heavy (non-hydrogen) atoms. The number of rotatable bonds is 8. The van der Waals surface area contributed by atoms with E-state index in [1.165, 1.54) is 0 Å². The summed E-state index contributed by atoms with van der Waals surface area (Å²) in [4.78, 5) is 13.9. The zero-order chi connectivity index (χ0) is 18.9. The molecular weight excluding hydrogens is 332 g/mol. The van der Waals surface area contributed by atoms with Crippen LogP contribution in [-0.4, -0.2) is 44.2 Å². The molecule has 2 rings (SSSR count). The van der Waals surface area contributed by atoms with Gasteiger partial charge in [-0.3, -0.25) is 4.79 Å². The third-order valence-corrected chi connectivity index (χ3v) is 3.78. The molecule has 0 aromatic heterocycles. The minimum atomic E-state index is -0.631. The highest BCUT2D eigenvalue weighted by Crippen LogP contribution is 2.17. The summed E-state index contributed by atoms with van der Waals surface area (Å²) < 4.78 is 16.4. The summed E-state index contributed by atoms with van der Waals surface area (Å²) in [5.74, 6) is 1.88. The lowest BCUT2D eigenvalue weighted by Gasteiger charge is -2.22. The molecule has 0 heterocycles. The van der Waals surface area contributed by atoms with Crippen molar-refractivity contribution in [3.8, 4) is 23.3 Å². The Morgan fingerprint density at radius 3 is 2.23 bits per heavy atom. The number of ether oxygens (including phenoxy) is 3. The summed E-state index contributed by atoms with van der Waals surface area (Å²) >= 11 is 0. The van der Waals surface area contributed by atoms with Gasteiger partial charge in [0.1, 0.15) is 23.9 Å². The van der Waals surface area contributed by atoms with E-state index in [2.05, 4.69) is 0 Å². The van der Waals surface area contributed by atoms with Crippen LogP contribution in [0.5, 0.6) is 17.2 Å². The van der Waals surface area contributed by atoms with Gasteiger partial charge < -0.3 is 19.1 Å². The fourth-order valence-corrected chi connectivity index (χ4v) is 2.26. The Hall–Kier alpha value is -3.20. The molecule has 0 aliphatic carbocycles. The maximum atomic E-state index is 12.4. The van der Waals surface area contributed by atoms with Gasteiger partial charge in [0.05, 0.1) is 25.3 Å². The lowest BCUT2D eigenvalue weighted by Crippen LogP contribution is -2.39. The summed E-state index contributed by atoms with van der Waals surface area (Å²) in [5.41, 5.74) is 0.545. The largest absolute Gasteiger partial charge is 0.497 e. The summed E-state index contributed by atoms with van der Waals surface area (Å²) in [6, 6.07) is 16.0. The fraction of sp³-hybridized carbons (Fsp3) is 0.300. The van der Waals surface area contributed by atoms with Crippen LogP contribution in [0.2, 0.25) is 0 Å². The number of methoxy groups -OCH3 is 1. The molecule has 0 aliphatic rings. The number of carbonyl (C=O) groups excluding carboxylic acids is 1. The second-order valence-corrected chi connectivity index (χ2v) is 5.68. The minimum absolute atomic E-state index is 0.146. The molecule has 136 valence electrons. The van der Waals surface area contributed by atoms with Gasteiger partial charge in [0, 0.05) is 7.05 Å². The Morgan fingerprint density at radius 2 is 1.65 bits per heavy atom. The van der Waals surface area contributed by atoms with Crippen molar-refractivity contribution in [2.45, 2.75) is 13.0 Å². The van der Waals surface area contributed by atoms with E-state index in [0.717, 1.165) is 5.75 Å². The lowest BCUT2D eigenvalue weighted by molar-refractivity contribution is -0.136. The molecule has 0 fully saturated rings. The number of nitriles is 1. The van der Waals surface area contributed by atoms with Crippen molar-refractivity contribution < 1.29 is 19.0 Å². The van der Waals surface area contributed by atoms with E-state index in [4.69, 9.17) is 19.5 Å². The average Bonchev–Trinajstić information content (AvgIpc) is 2.68. The molecule has 0 saturated carbocycles. The zero-order valence-electron chi connectivity index (χ0n) is 15.1. The van der Waals surface area contributed by atoms with Crippen molar-refractivity contribution in [2.24, 2.45) is 0 Å². The van der Waals surface area contributed by atoms with Crippen molar-refractivity contribution >= 4 is 5.91 Å². The first-order valence-corrected chi connectivity index (χ1v) is 8.22. The molecule has 0 saturated heterocycles. The number of benzene rings is 2. The van der Waals surface area contributed by atoms with Crippen LogP contribution in [0.3, 0.4) is 0 Å². The van der Waals surface area contributed by atoms with Gasteiger partial charge in [-0.1, -0.05) is 0 Å². The smallest absolute Gasteiger partial charge is 0.263 e. The van der Waals surface area contributed by atoms with E-state index in [1.54, 1.807) is 50.2 Å². The van der Waals surface area contributed by atoms with Crippen LogP contribution in [-0.2, 0) is 4.79 Å². The number of carbonyl (C=O) groups is 1. The highest BCUT2D eigenvalue weighted by atomic mass is 16.5. The van der Waals surface area contributed by atoms with Crippen LogP contribution in [0.4, 0.5) is 0 Å². The monoisotopic (exact) mass is 354 g/mol. The SMILES string of the molecule is COc1ccc(OCCN(C)C(=O)C(C)Oc2ccc(C#N)cc2)cc1. The van der Waals surface area contributed by atoms with Gasteiger partial charge in [0.25, 0.3) is 5.91 Å². The number of likely N-dealkylation sites (N-methyl/N-ethyl adjacent to an activating group) is 1. The highest BCUT2D eigenvalue weighted by Gasteiger charge is 2.19. The molecule has 0 radical (unpaired) electrons. The number of nitrogens with zero attached hydrogens (tertiary/aromatic N) is 2. The summed E-state index contributed by atoms with van der Waals surface area (Å²) in [5, 5.41) is 8.79. The van der Waals surface area contributed by atoms with E-state index in [1.807, 2.05) is 30.3 Å². The van der Waals surface area contributed by atoms with Crippen molar-refractivity contribution in [2.75, 3.05) is 27.3 Å². The maximum Gasteiger partial charge on any atom is 0.263 e. The first-order chi connectivity index (χ1) is 12.5. The molecule has 1 unspecified atom stereocenters. The second-order valence-electron chi connectivity index (χ2n) is 5.68. The van der Waals surface area contributed by atoms with Gasteiger partial charge in [-0.25, -0.2) is 0 Å². The Labute approximate surface area is 153 Å². The first kappa shape index (κ1) is 19.1. The van der Waals surface area contributed by atoms with E-state index >= 15 is 0 Å². The molecule has 0 N–H and O–H groups in total. The number of amides is 1. The number of hydrogen-bond acceptors (Lipinski definition) is 5. The van der Waals surface area contributed by atoms with Crippen molar-refractivity contribution in [1.82, 2.24) is 4.90 Å². The molecule has 1 atom stereocenters. The Balaban J connectivity index is 1.78. The van der Waals surface area contributed by atoms with Crippen molar-refractivity contribution in [3.63, 3.8) is 0 Å². The molecule has 1 amide bonds. The van der Waals surface area contributed by atoms with Crippen molar-refractivity contribution in [3.05, 3.63) is 54.1 Å². The normalized spacial score (nSPS) is 11.2. The molecule has 0 spiro atoms. The van der Waals surface area contributed by atoms with Gasteiger partial charge in [-0.05, 0) is 55.5 Å². The minimum Gasteiger partial charge on any atom is -0.497 e. The van der Waals surface area contributed by atoms with Crippen molar-refractivity contribution in [1.29, 1.82) is 5.26 Å². The molecule has 0 aliphatic heterocycles. The van der Waals surface area contributed by atoms with E-state index < -0.39 is 6.10 Å². The quantitative estimate of drug-likeness (QED) is 0.729. The van der Waals surface area contributed by atoms with Gasteiger partial charge in [-0.2, -0.15) is 5.26 Å². The topological polar surface area (TPSA) is 71.8 Å². The number of hydrogen-bond donors (Lipinski definition) is 0. The van der Waals surface area contributed by atoms with E-state index in [9.17, 15) is 4.79 Å². The van der Waals surface area contributed by atoms with Crippen LogP contribution in [0.15, 0.2) is 48.5 Å². The van der Waals surface area contributed by atoms with E-state index in [-0.39, 0.29) is 5.91 Å². The van der Waals surface area contributed by atoms with E-state index in [0.29, 0.717) is 30.2 Å². The molecule has 2 aromatic carbocycles.